The van der Waals surface area contributed by atoms with Gasteiger partial charge in [0.2, 0.25) is 0 Å². The summed E-state index contributed by atoms with van der Waals surface area (Å²) >= 11 is 0. The van der Waals surface area contributed by atoms with Gasteiger partial charge in [-0.25, -0.2) is 0 Å². The molecule has 0 amide bonds. The van der Waals surface area contributed by atoms with Crippen molar-refractivity contribution < 1.29 is 0 Å². The van der Waals surface area contributed by atoms with Crippen LogP contribution in [0.25, 0.3) is 0 Å². The van der Waals surface area contributed by atoms with Crippen LogP contribution in [0, 0.1) is 5.92 Å². The van der Waals surface area contributed by atoms with E-state index < -0.39 is 0 Å². The van der Waals surface area contributed by atoms with Crippen molar-refractivity contribution in [1.29, 1.82) is 0 Å². The van der Waals surface area contributed by atoms with Gasteiger partial charge in [0.05, 0.1) is 6.67 Å². The van der Waals surface area contributed by atoms with Gasteiger partial charge in [-0.1, -0.05) is 13.8 Å². The highest BCUT2D eigenvalue weighted by atomic mass is 15.2. The molecule has 0 aliphatic carbocycles. The smallest absolute Gasteiger partial charge is 0.0866 e. The monoisotopic (exact) mass is 126 g/mol. The van der Waals surface area contributed by atoms with E-state index in [1.807, 2.05) is 0 Å². The Morgan fingerprint density at radius 2 is 2.33 bits per heavy atom. The molecular weight excluding hydrogens is 112 g/mol. The van der Waals surface area contributed by atoms with Crippen molar-refractivity contribution in [3.05, 3.63) is 11.9 Å². The molecule has 0 unspecified atom stereocenters. The SMILES string of the molecule is CC(C)C1=CN(C)CN1. The third kappa shape index (κ3) is 1.37. The Morgan fingerprint density at radius 3 is 2.56 bits per heavy atom. The van der Waals surface area contributed by atoms with Crippen LogP contribution >= 0.6 is 0 Å². The van der Waals surface area contributed by atoms with E-state index in [4.69, 9.17) is 0 Å². The quantitative estimate of drug-likeness (QED) is 0.563. The Kier molecular flexibility index (Phi) is 1.65. The van der Waals surface area contributed by atoms with E-state index >= 15 is 0 Å². The standard InChI is InChI=1S/C7H14N2/c1-6(2)7-4-9(3)5-8-7/h4,6,8H,5H2,1-3H3. The maximum atomic E-state index is 3.29. The molecule has 0 fully saturated rings. The maximum Gasteiger partial charge on any atom is 0.0866 e. The summed E-state index contributed by atoms with van der Waals surface area (Å²) in [4.78, 5) is 2.15. The van der Waals surface area contributed by atoms with Crippen molar-refractivity contribution in [3.8, 4) is 0 Å². The van der Waals surface area contributed by atoms with Gasteiger partial charge in [-0.2, -0.15) is 0 Å². The van der Waals surface area contributed by atoms with Gasteiger partial charge in [-0.05, 0) is 5.92 Å². The van der Waals surface area contributed by atoms with Gasteiger partial charge < -0.3 is 10.2 Å². The highest BCUT2D eigenvalue weighted by Gasteiger charge is 2.09. The van der Waals surface area contributed by atoms with Gasteiger partial charge in [-0.15, -0.1) is 0 Å². The molecule has 1 rings (SSSR count). The minimum Gasteiger partial charge on any atom is -0.370 e. The predicted molar refractivity (Wildman–Crippen MR) is 38.7 cm³/mol. The summed E-state index contributed by atoms with van der Waals surface area (Å²) in [6.45, 7) is 5.35. The number of rotatable bonds is 1. The number of nitrogens with zero attached hydrogens (tertiary/aromatic N) is 1. The molecule has 1 heterocycles. The maximum absolute atomic E-state index is 3.29. The fourth-order valence-corrected chi connectivity index (χ4v) is 0.898. The Hall–Kier alpha value is -0.660. The highest BCUT2D eigenvalue weighted by Crippen LogP contribution is 2.10. The van der Waals surface area contributed by atoms with Gasteiger partial charge in [-0.3, -0.25) is 0 Å². The Morgan fingerprint density at radius 1 is 1.67 bits per heavy atom. The molecule has 0 atom stereocenters. The zero-order chi connectivity index (χ0) is 6.85. The van der Waals surface area contributed by atoms with E-state index in [1.54, 1.807) is 0 Å². The fraction of sp³-hybridized carbons (Fsp3) is 0.714. The number of allylic oxidation sites excluding steroid dienone is 1. The second kappa shape index (κ2) is 2.29. The van der Waals surface area contributed by atoms with E-state index in [1.165, 1.54) is 5.70 Å². The van der Waals surface area contributed by atoms with Crippen LogP contribution in [0.2, 0.25) is 0 Å². The van der Waals surface area contributed by atoms with Gasteiger partial charge >= 0.3 is 0 Å². The zero-order valence-electron chi connectivity index (χ0n) is 6.31. The molecule has 0 saturated carbocycles. The van der Waals surface area contributed by atoms with Crippen LogP contribution in [0.5, 0.6) is 0 Å². The number of hydrogen-bond donors (Lipinski definition) is 1. The highest BCUT2D eigenvalue weighted by molar-refractivity contribution is 5.05. The first kappa shape index (κ1) is 6.46. The Bertz CT molecular complexity index is 127. The molecule has 0 spiro atoms. The third-order valence-electron chi connectivity index (χ3n) is 1.51. The van der Waals surface area contributed by atoms with Crippen molar-refractivity contribution in [2.45, 2.75) is 13.8 Å². The van der Waals surface area contributed by atoms with Crippen molar-refractivity contribution >= 4 is 0 Å². The van der Waals surface area contributed by atoms with Crippen LogP contribution in [0.4, 0.5) is 0 Å². The average molecular weight is 126 g/mol. The van der Waals surface area contributed by atoms with Crippen LogP contribution in [0.1, 0.15) is 13.8 Å². The summed E-state index contributed by atoms with van der Waals surface area (Å²) in [5.74, 6) is 0.634. The topological polar surface area (TPSA) is 15.3 Å². The summed E-state index contributed by atoms with van der Waals surface area (Å²) in [6.07, 6.45) is 2.16. The molecule has 0 aromatic carbocycles. The summed E-state index contributed by atoms with van der Waals surface area (Å²) in [7, 11) is 2.07. The third-order valence-corrected chi connectivity index (χ3v) is 1.51. The van der Waals surface area contributed by atoms with Crippen LogP contribution in [-0.4, -0.2) is 18.6 Å². The zero-order valence-corrected chi connectivity index (χ0v) is 6.31. The van der Waals surface area contributed by atoms with Crippen LogP contribution in [0.3, 0.4) is 0 Å². The lowest BCUT2D eigenvalue weighted by Crippen LogP contribution is -2.18. The van der Waals surface area contributed by atoms with Crippen molar-refractivity contribution in [2.75, 3.05) is 13.7 Å². The number of nitrogens with one attached hydrogen (secondary N) is 1. The minimum atomic E-state index is 0.634. The van der Waals surface area contributed by atoms with Gasteiger partial charge in [0.1, 0.15) is 0 Å². The summed E-state index contributed by atoms with van der Waals surface area (Å²) in [5, 5.41) is 3.29. The fourth-order valence-electron chi connectivity index (χ4n) is 0.898. The molecule has 0 radical (unpaired) electrons. The molecule has 9 heavy (non-hydrogen) atoms. The second-order valence-electron chi connectivity index (χ2n) is 2.83. The van der Waals surface area contributed by atoms with Crippen molar-refractivity contribution in [1.82, 2.24) is 10.2 Å². The average Bonchev–Trinajstić information content (AvgIpc) is 2.14. The molecule has 0 aromatic rings. The molecule has 1 N–H and O–H groups in total. The molecule has 1 aliphatic rings. The molecule has 0 saturated heterocycles. The molecule has 0 aromatic heterocycles. The Balaban J connectivity index is 2.52. The summed E-state index contributed by atoms with van der Waals surface area (Å²) in [5.41, 5.74) is 1.34. The largest absolute Gasteiger partial charge is 0.370 e. The van der Waals surface area contributed by atoms with Crippen LogP contribution in [-0.2, 0) is 0 Å². The van der Waals surface area contributed by atoms with E-state index in [2.05, 4.69) is 37.3 Å². The lowest BCUT2D eigenvalue weighted by atomic mass is 10.2. The predicted octanol–water partition coefficient (Wildman–Crippen LogP) is 0.976. The Labute approximate surface area is 56.5 Å². The van der Waals surface area contributed by atoms with Crippen LogP contribution < -0.4 is 5.32 Å². The lowest BCUT2D eigenvalue weighted by molar-refractivity contribution is 0.471. The van der Waals surface area contributed by atoms with Crippen LogP contribution in [0.15, 0.2) is 11.9 Å². The van der Waals surface area contributed by atoms with Gasteiger partial charge in [0.25, 0.3) is 0 Å². The van der Waals surface area contributed by atoms with E-state index in [0.717, 1.165) is 6.67 Å². The molecule has 1 aliphatic heterocycles. The van der Waals surface area contributed by atoms with E-state index in [-0.39, 0.29) is 0 Å². The normalized spacial score (nSPS) is 18.2. The first-order chi connectivity index (χ1) is 4.20. The van der Waals surface area contributed by atoms with E-state index in [0.29, 0.717) is 5.92 Å². The van der Waals surface area contributed by atoms with Crippen molar-refractivity contribution in [2.24, 2.45) is 5.92 Å². The first-order valence-electron chi connectivity index (χ1n) is 3.36. The number of hydrogen-bond acceptors (Lipinski definition) is 2. The summed E-state index contributed by atoms with van der Waals surface area (Å²) in [6, 6.07) is 0. The molecular formula is C7H14N2. The van der Waals surface area contributed by atoms with E-state index in [9.17, 15) is 0 Å². The molecule has 2 heteroatoms. The first-order valence-corrected chi connectivity index (χ1v) is 3.36. The lowest BCUT2D eigenvalue weighted by Gasteiger charge is -2.04. The second-order valence-corrected chi connectivity index (χ2v) is 2.83. The van der Waals surface area contributed by atoms with Gasteiger partial charge in [0, 0.05) is 18.9 Å². The van der Waals surface area contributed by atoms with Crippen molar-refractivity contribution in [3.63, 3.8) is 0 Å². The molecule has 2 nitrogen and oxygen atoms in total. The molecule has 0 bridgehead atoms. The minimum absolute atomic E-state index is 0.634. The summed E-state index contributed by atoms with van der Waals surface area (Å²) < 4.78 is 0. The molecule has 52 valence electrons. The van der Waals surface area contributed by atoms with Gasteiger partial charge in [0.15, 0.2) is 0 Å².